The molecule has 0 aliphatic heterocycles. The van der Waals surface area contributed by atoms with Crippen LogP contribution in [0.3, 0.4) is 0 Å². The number of nitrogens with zero attached hydrogens (tertiary/aromatic N) is 1. The molecular formula is C25H33ClN2O2S. The number of carbonyl (C=O) groups is 2. The minimum Gasteiger partial charge on any atom is -0.352 e. The Kier molecular flexibility index (Phi) is 11.0. The molecular weight excluding hydrogens is 428 g/mol. The third-order valence-electron chi connectivity index (χ3n) is 5.20. The highest BCUT2D eigenvalue weighted by molar-refractivity contribution is 7.99. The summed E-state index contributed by atoms with van der Waals surface area (Å²) in [5.41, 5.74) is 1.03. The minimum absolute atomic E-state index is 0.0201. The molecule has 0 radical (unpaired) electrons. The number of benzene rings is 2. The van der Waals surface area contributed by atoms with E-state index >= 15 is 0 Å². The van der Waals surface area contributed by atoms with E-state index in [1.165, 1.54) is 0 Å². The molecule has 2 unspecified atom stereocenters. The van der Waals surface area contributed by atoms with Crippen LogP contribution in [0.25, 0.3) is 0 Å². The lowest BCUT2D eigenvalue weighted by molar-refractivity contribution is -0.141. The Bertz CT molecular complexity index is 814. The highest BCUT2D eigenvalue weighted by Gasteiger charge is 2.28. The van der Waals surface area contributed by atoms with Crippen molar-refractivity contribution in [1.29, 1.82) is 0 Å². The van der Waals surface area contributed by atoms with Gasteiger partial charge in [0.05, 0.1) is 0 Å². The van der Waals surface area contributed by atoms with E-state index in [1.54, 1.807) is 16.7 Å². The topological polar surface area (TPSA) is 49.4 Å². The summed E-state index contributed by atoms with van der Waals surface area (Å²) in [6, 6.07) is 17.2. The summed E-state index contributed by atoms with van der Waals surface area (Å²) in [4.78, 5) is 29.0. The number of nitrogens with one attached hydrogen (secondary N) is 1. The molecule has 0 saturated carbocycles. The van der Waals surface area contributed by atoms with Crippen molar-refractivity contribution in [3.05, 3.63) is 65.2 Å². The molecule has 0 fully saturated rings. The number of rotatable bonds is 12. The second-order valence-corrected chi connectivity index (χ2v) is 9.26. The van der Waals surface area contributed by atoms with Crippen LogP contribution in [0, 0.1) is 0 Å². The zero-order valence-electron chi connectivity index (χ0n) is 18.6. The van der Waals surface area contributed by atoms with Gasteiger partial charge in [0.25, 0.3) is 0 Å². The summed E-state index contributed by atoms with van der Waals surface area (Å²) in [7, 11) is 0. The Morgan fingerprint density at radius 1 is 1.03 bits per heavy atom. The average molecular weight is 461 g/mol. The first-order valence-corrected chi connectivity index (χ1v) is 12.3. The first-order chi connectivity index (χ1) is 14.9. The smallest absolute Gasteiger partial charge is 0.243 e. The van der Waals surface area contributed by atoms with Crippen molar-refractivity contribution in [3.63, 3.8) is 0 Å². The highest BCUT2D eigenvalue weighted by atomic mass is 35.5. The molecule has 168 valence electrons. The molecule has 2 aromatic rings. The van der Waals surface area contributed by atoms with Gasteiger partial charge in [0, 0.05) is 28.9 Å². The van der Waals surface area contributed by atoms with Crippen LogP contribution in [0.4, 0.5) is 0 Å². The van der Waals surface area contributed by atoms with Crippen LogP contribution < -0.4 is 5.32 Å². The van der Waals surface area contributed by atoms with Gasteiger partial charge >= 0.3 is 0 Å². The monoisotopic (exact) mass is 460 g/mol. The van der Waals surface area contributed by atoms with E-state index < -0.39 is 6.04 Å². The number of thioether (sulfide) groups is 1. The van der Waals surface area contributed by atoms with Crippen molar-refractivity contribution in [2.45, 2.75) is 70.0 Å². The van der Waals surface area contributed by atoms with Crippen LogP contribution in [0.1, 0.15) is 52.0 Å². The van der Waals surface area contributed by atoms with Crippen molar-refractivity contribution >= 4 is 35.2 Å². The molecule has 0 saturated heterocycles. The van der Waals surface area contributed by atoms with E-state index in [0.717, 1.165) is 34.1 Å². The molecule has 0 aromatic heterocycles. The van der Waals surface area contributed by atoms with Gasteiger partial charge in [0.15, 0.2) is 0 Å². The Balaban J connectivity index is 2.02. The van der Waals surface area contributed by atoms with Crippen LogP contribution >= 0.6 is 23.4 Å². The highest BCUT2D eigenvalue weighted by Crippen LogP contribution is 2.22. The molecule has 1 N–H and O–H groups in total. The lowest BCUT2D eigenvalue weighted by atomic mass is 10.1. The van der Waals surface area contributed by atoms with Gasteiger partial charge in [-0.1, -0.05) is 55.8 Å². The number of carbonyl (C=O) groups excluding carboxylic acids is 2. The van der Waals surface area contributed by atoms with Crippen LogP contribution in [-0.4, -0.2) is 34.6 Å². The van der Waals surface area contributed by atoms with Crippen molar-refractivity contribution in [2.75, 3.05) is 5.75 Å². The van der Waals surface area contributed by atoms with Gasteiger partial charge < -0.3 is 10.2 Å². The molecule has 31 heavy (non-hydrogen) atoms. The van der Waals surface area contributed by atoms with Crippen LogP contribution in [0.2, 0.25) is 5.02 Å². The predicted molar refractivity (Wildman–Crippen MR) is 130 cm³/mol. The Morgan fingerprint density at radius 2 is 1.71 bits per heavy atom. The van der Waals surface area contributed by atoms with E-state index in [-0.39, 0.29) is 17.9 Å². The molecule has 0 aliphatic carbocycles. The molecule has 0 bridgehead atoms. The maximum atomic E-state index is 13.2. The fourth-order valence-corrected chi connectivity index (χ4v) is 4.21. The predicted octanol–water partition coefficient (Wildman–Crippen LogP) is 5.93. The first kappa shape index (κ1) is 25.3. The third-order valence-corrected chi connectivity index (χ3v) is 6.55. The molecule has 2 aromatic carbocycles. The fraction of sp³-hybridized carbons (Fsp3) is 0.440. The molecule has 0 heterocycles. The second-order valence-electron chi connectivity index (χ2n) is 7.66. The number of amides is 2. The second kappa shape index (κ2) is 13.4. The fourth-order valence-electron chi connectivity index (χ4n) is 3.23. The summed E-state index contributed by atoms with van der Waals surface area (Å²) >= 11 is 7.64. The Hall–Kier alpha value is -1.98. The lowest BCUT2D eigenvalue weighted by Crippen LogP contribution is -2.50. The first-order valence-electron chi connectivity index (χ1n) is 11.0. The van der Waals surface area contributed by atoms with Crippen LogP contribution in [-0.2, 0) is 16.1 Å². The molecule has 4 nitrogen and oxygen atoms in total. The molecule has 2 amide bonds. The van der Waals surface area contributed by atoms with E-state index in [0.29, 0.717) is 19.4 Å². The molecule has 2 atom stereocenters. The Morgan fingerprint density at radius 3 is 2.32 bits per heavy atom. The Labute approximate surface area is 195 Å². The minimum atomic E-state index is -0.467. The normalized spacial score (nSPS) is 12.8. The zero-order valence-corrected chi connectivity index (χ0v) is 20.2. The summed E-state index contributed by atoms with van der Waals surface area (Å²) in [5, 5.41) is 3.77. The van der Waals surface area contributed by atoms with Gasteiger partial charge in [-0.15, -0.1) is 11.8 Å². The van der Waals surface area contributed by atoms with Crippen molar-refractivity contribution in [3.8, 4) is 0 Å². The largest absolute Gasteiger partial charge is 0.352 e. The molecule has 6 heteroatoms. The van der Waals surface area contributed by atoms with Crippen LogP contribution in [0.15, 0.2) is 59.5 Å². The SMILES string of the molecule is CCC(C)NC(=O)C(CC)N(Cc1ccccc1)C(=O)CCCSc1ccc(Cl)cc1. The van der Waals surface area contributed by atoms with Gasteiger partial charge in [-0.3, -0.25) is 9.59 Å². The summed E-state index contributed by atoms with van der Waals surface area (Å²) in [6.45, 7) is 6.43. The average Bonchev–Trinajstić information content (AvgIpc) is 2.78. The van der Waals surface area contributed by atoms with Gasteiger partial charge in [0.1, 0.15) is 6.04 Å². The van der Waals surface area contributed by atoms with Gasteiger partial charge in [-0.05, 0) is 61.8 Å². The third kappa shape index (κ3) is 8.58. The van der Waals surface area contributed by atoms with Gasteiger partial charge in [-0.2, -0.15) is 0 Å². The van der Waals surface area contributed by atoms with Crippen molar-refractivity contribution in [2.24, 2.45) is 0 Å². The number of halogens is 1. The lowest BCUT2D eigenvalue weighted by Gasteiger charge is -2.31. The maximum Gasteiger partial charge on any atom is 0.243 e. The molecule has 0 aliphatic rings. The van der Waals surface area contributed by atoms with E-state index in [1.807, 2.05) is 75.4 Å². The maximum absolute atomic E-state index is 13.2. The van der Waals surface area contributed by atoms with Gasteiger partial charge in [0.2, 0.25) is 11.8 Å². The molecule has 2 rings (SSSR count). The van der Waals surface area contributed by atoms with Gasteiger partial charge in [-0.25, -0.2) is 0 Å². The number of hydrogen-bond acceptors (Lipinski definition) is 3. The van der Waals surface area contributed by atoms with Crippen molar-refractivity contribution < 1.29 is 9.59 Å². The summed E-state index contributed by atoms with van der Waals surface area (Å²) in [5.74, 6) is 0.783. The summed E-state index contributed by atoms with van der Waals surface area (Å²) < 4.78 is 0. The molecule has 0 spiro atoms. The van der Waals surface area contributed by atoms with Crippen LogP contribution in [0.5, 0.6) is 0 Å². The quantitative estimate of drug-likeness (QED) is 0.315. The summed E-state index contributed by atoms with van der Waals surface area (Å²) in [6.07, 6.45) is 2.61. The standard InChI is InChI=1S/C25H33ClN2O2S/c1-4-19(3)27-25(30)23(5-2)28(18-20-10-7-6-8-11-20)24(29)12-9-17-31-22-15-13-21(26)14-16-22/h6-8,10-11,13-16,19,23H,4-5,9,12,17-18H2,1-3H3,(H,27,30). The van der Waals surface area contributed by atoms with E-state index in [9.17, 15) is 9.59 Å². The van der Waals surface area contributed by atoms with E-state index in [4.69, 9.17) is 11.6 Å². The zero-order chi connectivity index (χ0) is 22.6. The van der Waals surface area contributed by atoms with Crippen molar-refractivity contribution in [1.82, 2.24) is 10.2 Å². The van der Waals surface area contributed by atoms with E-state index in [2.05, 4.69) is 5.32 Å². The number of hydrogen-bond donors (Lipinski definition) is 1.